The van der Waals surface area contributed by atoms with Gasteiger partial charge in [-0.1, -0.05) is 0 Å². The van der Waals surface area contributed by atoms with E-state index in [-0.39, 0.29) is 12.7 Å². The van der Waals surface area contributed by atoms with Crippen molar-refractivity contribution in [2.45, 2.75) is 25.6 Å². The van der Waals surface area contributed by atoms with Crippen LogP contribution < -0.4 is 4.90 Å². The number of hydrogen-bond acceptors (Lipinski definition) is 4. The van der Waals surface area contributed by atoms with Gasteiger partial charge < -0.3 is 15.1 Å². The first-order valence-corrected chi connectivity index (χ1v) is 7.16. The first-order valence-electron chi connectivity index (χ1n) is 6.37. The molecule has 2 heterocycles. The zero-order chi connectivity index (χ0) is 12.7. The molecule has 0 spiro atoms. The van der Waals surface area contributed by atoms with Crippen LogP contribution in [0.5, 0.6) is 0 Å². The van der Waals surface area contributed by atoms with Gasteiger partial charge in [-0.2, -0.15) is 0 Å². The van der Waals surface area contributed by atoms with Gasteiger partial charge in [-0.05, 0) is 40.8 Å². The van der Waals surface area contributed by atoms with Crippen molar-refractivity contribution in [2.75, 3.05) is 18.0 Å². The van der Waals surface area contributed by atoms with Gasteiger partial charge in [-0.3, -0.25) is 0 Å². The number of rotatable bonds is 2. The normalized spacial score (nSPS) is 30.8. The van der Waals surface area contributed by atoms with Crippen molar-refractivity contribution in [3.63, 3.8) is 0 Å². The zero-order valence-corrected chi connectivity index (χ0v) is 11.7. The minimum Gasteiger partial charge on any atom is -0.393 e. The number of aliphatic hydroxyl groups is 2. The minimum atomic E-state index is -0.159. The van der Waals surface area contributed by atoms with Gasteiger partial charge in [0, 0.05) is 35.2 Å². The molecule has 2 aliphatic rings. The molecule has 18 heavy (non-hydrogen) atoms. The Hall–Kier alpha value is -0.650. The summed E-state index contributed by atoms with van der Waals surface area (Å²) in [6.07, 6.45) is 3.64. The molecule has 0 bridgehead atoms. The lowest BCUT2D eigenvalue weighted by Gasteiger charge is -2.21. The largest absolute Gasteiger partial charge is 0.393 e. The standard InChI is InChI=1S/C13H17BrN2O2/c14-10-3-9(7-17)13(15-4-10)16-5-8-1-2-12(18)11(8)6-16/h3-4,8,11-12,17-18H,1-2,5-7H2. The maximum Gasteiger partial charge on any atom is 0.134 e. The van der Waals surface area contributed by atoms with Gasteiger partial charge >= 0.3 is 0 Å². The SMILES string of the molecule is OCc1cc(Br)cnc1N1CC2CCC(O)C2C1. The van der Waals surface area contributed by atoms with Crippen LogP contribution in [0, 0.1) is 11.8 Å². The fourth-order valence-electron chi connectivity index (χ4n) is 3.28. The van der Waals surface area contributed by atoms with Gasteiger partial charge in [-0.15, -0.1) is 0 Å². The Morgan fingerprint density at radius 2 is 2.22 bits per heavy atom. The third-order valence-electron chi connectivity index (χ3n) is 4.20. The van der Waals surface area contributed by atoms with E-state index in [1.54, 1.807) is 6.20 Å². The third kappa shape index (κ3) is 2.04. The molecule has 2 fully saturated rings. The Balaban J connectivity index is 1.84. The van der Waals surface area contributed by atoms with E-state index in [4.69, 9.17) is 0 Å². The van der Waals surface area contributed by atoms with Crippen LogP contribution in [0.3, 0.4) is 0 Å². The van der Waals surface area contributed by atoms with Crippen molar-refractivity contribution in [1.82, 2.24) is 4.98 Å². The van der Waals surface area contributed by atoms with Crippen LogP contribution >= 0.6 is 15.9 Å². The molecule has 1 aromatic heterocycles. The highest BCUT2D eigenvalue weighted by atomic mass is 79.9. The summed E-state index contributed by atoms with van der Waals surface area (Å²) in [4.78, 5) is 6.62. The van der Waals surface area contributed by atoms with Crippen LogP contribution in [0.2, 0.25) is 0 Å². The molecular weight excluding hydrogens is 296 g/mol. The monoisotopic (exact) mass is 312 g/mol. The summed E-state index contributed by atoms with van der Waals surface area (Å²) in [7, 11) is 0. The van der Waals surface area contributed by atoms with Crippen molar-refractivity contribution in [1.29, 1.82) is 0 Å². The molecule has 1 saturated carbocycles. The number of aromatic nitrogens is 1. The van der Waals surface area contributed by atoms with Crippen LogP contribution in [-0.4, -0.2) is 34.4 Å². The van der Waals surface area contributed by atoms with E-state index >= 15 is 0 Å². The van der Waals surface area contributed by atoms with Crippen LogP contribution in [0.1, 0.15) is 18.4 Å². The highest BCUT2D eigenvalue weighted by molar-refractivity contribution is 9.10. The van der Waals surface area contributed by atoms with Crippen molar-refractivity contribution in [3.05, 3.63) is 22.3 Å². The lowest BCUT2D eigenvalue weighted by Crippen LogP contribution is -2.26. The molecule has 0 radical (unpaired) electrons. The number of fused-ring (bicyclic) bond motifs is 1. The number of pyridine rings is 1. The van der Waals surface area contributed by atoms with E-state index in [2.05, 4.69) is 25.8 Å². The fraction of sp³-hybridized carbons (Fsp3) is 0.615. The van der Waals surface area contributed by atoms with Gasteiger partial charge in [0.2, 0.25) is 0 Å². The zero-order valence-electron chi connectivity index (χ0n) is 10.1. The molecule has 98 valence electrons. The Morgan fingerprint density at radius 1 is 1.39 bits per heavy atom. The second-order valence-electron chi connectivity index (χ2n) is 5.27. The van der Waals surface area contributed by atoms with Gasteiger partial charge in [0.25, 0.3) is 0 Å². The van der Waals surface area contributed by atoms with Crippen molar-refractivity contribution >= 4 is 21.7 Å². The lowest BCUT2D eigenvalue weighted by molar-refractivity contribution is 0.133. The highest BCUT2D eigenvalue weighted by Gasteiger charge is 2.42. The van der Waals surface area contributed by atoms with E-state index in [1.165, 1.54) is 0 Å². The van der Waals surface area contributed by atoms with Gasteiger partial charge in [0.05, 0.1) is 12.7 Å². The molecule has 5 heteroatoms. The number of halogens is 1. The summed E-state index contributed by atoms with van der Waals surface area (Å²) in [5, 5.41) is 19.4. The first-order chi connectivity index (χ1) is 8.69. The van der Waals surface area contributed by atoms with Crippen LogP contribution in [0.25, 0.3) is 0 Å². The molecule has 1 saturated heterocycles. The molecule has 4 nitrogen and oxygen atoms in total. The summed E-state index contributed by atoms with van der Waals surface area (Å²) in [5.41, 5.74) is 0.846. The Kier molecular flexibility index (Phi) is 3.30. The van der Waals surface area contributed by atoms with E-state index in [9.17, 15) is 10.2 Å². The maximum absolute atomic E-state index is 9.93. The molecule has 1 aliphatic carbocycles. The Morgan fingerprint density at radius 3 is 2.94 bits per heavy atom. The number of hydrogen-bond donors (Lipinski definition) is 2. The average molecular weight is 313 g/mol. The molecule has 3 unspecified atom stereocenters. The number of anilines is 1. The highest BCUT2D eigenvalue weighted by Crippen LogP contribution is 2.40. The second kappa shape index (κ2) is 4.79. The van der Waals surface area contributed by atoms with Crippen LogP contribution in [0.4, 0.5) is 5.82 Å². The molecule has 3 rings (SSSR count). The molecule has 0 aromatic carbocycles. The predicted molar refractivity (Wildman–Crippen MR) is 72.3 cm³/mol. The molecule has 1 aliphatic heterocycles. The van der Waals surface area contributed by atoms with E-state index in [1.807, 2.05) is 6.07 Å². The van der Waals surface area contributed by atoms with Gasteiger partial charge in [0.1, 0.15) is 5.82 Å². The summed E-state index contributed by atoms with van der Waals surface area (Å²) < 4.78 is 0.884. The molecule has 2 N–H and O–H groups in total. The smallest absolute Gasteiger partial charge is 0.134 e. The van der Waals surface area contributed by atoms with E-state index in [0.717, 1.165) is 41.8 Å². The fourth-order valence-corrected chi connectivity index (χ4v) is 3.66. The molecule has 0 amide bonds. The summed E-state index contributed by atoms with van der Waals surface area (Å²) >= 11 is 3.37. The second-order valence-corrected chi connectivity index (χ2v) is 6.18. The number of aliphatic hydroxyl groups excluding tert-OH is 2. The maximum atomic E-state index is 9.93. The molecule has 1 aromatic rings. The van der Waals surface area contributed by atoms with Crippen LogP contribution in [-0.2, 0) is 6.61 Å². The van der Waals surface area contributed by atoms with E-state index in [0.29, 0.717) is 11.8 Å². The molecule has 3 atom stereocenters. The molecular formula is C13H17BrN2O2. The summed E-state index contributed by atoms with van der Waals surface area (Å²) in [5.74, 6) is 1.82. The van der Waals surface area contributed by atoms with E-state index < -0.39 is 0 Å². The summed E-state index contributed by atoms with van der Waals surface area (Å²) in [6, 6.07) is 1.91. The van der Waals surface area contributed by atoms with Crippen LogP contribution in [0.15, 0.2) is 16.7 Å². The van der Waals surface area contributed by atoms with Crippen molar-refractivity contribution < 1.29 is 10.2 Å². The summed E-state index contributed by atoms with van der Waals surface area (Å²) in [6.45, 7) is 1.80. The first kappa shape index (κ1) is 12.4. The number of nitrogens with zero attached hydrogens (tertiary/aromatic N) is 2. The topological polar surface area (TPSA) is 56.6 Å². The minimum absolute atomic E-state index is 0.00381. The average Bonchev–Trinajstić information content (AvgIpc) is 2.92. The van der Waals surface area contributed by atoms with Crippen molar-refractivity contribution in [2.24, 2.45) is 11.8 Å². The predicted octanol–water partition coefficient (Wildman–Crippen LogP) is 1.54. The lowest BCUT2D eigenvalue weighted by atomic mass is 10.00. The van der Waals surface area contributed by atoms with Gasteiger partial charge in [0.15, 0.2) is 0 Å². The third-order valence-corrected chi connectivity index (χ3v) is 4.63. The Bertz CT molecular complexity index is 455. The van der Waals surface area contributed by atoms with Crippen molar-refractivity contribution in [3.8, 4) is 0 Å². The Labute approximate surface area is 115 Å². The van der Waals surface area contributed by atoms with Gasteiger partial charge in [-0.25, -0.2) is 4.98 Å². The quantitative estimate of drug-likeness (QED) is 0.870.